The van der Waals surface area contributed by atoms with Crippen molar-refractivity contribution >= 4 is 28.8 Å². The third-order valence-electron chi connectivity index (χ3n) is 5.07. The summed E-state index contributed by atoms with van der Waals surface area (Å²) in [5.41, 5.74) is 10.8. The lowest BCUT2D eigenvalue weighted by Crippen LogP contribution is -2.23. The Bertz CT molecular complexity index is 1130. The van der Waals surface area contributed by atoms with E-state index in [1.54, 1.807) is 30.3 Å². The fraction of sp³-hybridized carbons (Fsp3) is 0.217. The van der Waals surface area contributed by atoms with E-state index in [1.807, 2.05) is 20.8 Å². The Hall–Kier alpha value is -3.41. The van der Waals surface area contributed by atoms with E-state index in [0.717, 1.165) is 33.3 Å². The van der Waals surface area contributed by atoms with Crippen molar-refractivity contribution in [1.82, 2.24) is 10.3 Å². The predicted molar refractivity (Wildman–Crippen MR) is 113 cm³/mol. The molecule has 29 heavy (non-hydrogen) atoms. The fourth-order valence-electron chi connectivity index (χ4n) is 3.51. The number of benzene rings is 2. The molecule has 150 valence electrons. The van der Waals surface area contributed by atoms with Crippen LogP contribution in [0.15, 0.2) is 36.4 Å². The van der Waals surface area contributed by atoms with Crippen LogP contribution in [0, 0.1) is 26.6 Å². The SMILES string of the molecule is Cc1cc(C(N)=O)ccc1C=CC(=O)NCCc1c(C)[nH]c2c(F)ccc(C)c12. The van der Waals surface area contributed by atoms with Gasteiger partial charge < -0.3 is 16.0 Å². The first-order chi connectivity index (χ1) is 13.8. The largest absolute Gasteiger partial charge is 0.366 e. The molecular weight excluding hydrogens is 369 g/mol. The number of amides is 2. The lowest BCUT2D eigenvalue weighted by Gasteiger charge is -2.06. The third kappa shape index (κ3) is 4.37. The number of rotatable bonds is 6. The van der Waals surface area contributed by atoms with Gasteiger partial charge in [0.15, 0.2) is 0 Å². The van der Waals surface area contributed by atoms with Gasteiger partial charge in [0.2, 0.25) is 11.8 Å². The summed E-state index contributed by atoms with van der Waals surface area (Å²) in [6.45, 7) is 6.15. The number of nitrogens with one attached hydrogen (secondary N) is 2. The molecule has 0 unspecified atom stereocenters. The van der Waals surface area contributed by atoms with Crippen LogP contribution in [0.3, 0.4) is 0 Å². The summed E-state index contributed by atoms with van der Waals surface area (Å²) in [6, 6.07) is 8.31. The Balaban J connectivity index is 1.64. The van der Waals surface area contributed by atoms with E-state index >= 15 is 0 Å². The minimum atomic E-state index is -0.482. The van der Waals surface area contributed by atoms with Crippen molar-refractivity contribution < 1.29 is 14.0 Å². The topological polar surface area (TPSA) is 88.0 Å². The highest BCUT2D eigenvalue weighted by Gasteiger charge is 2.13. The van der Waals surface area contributed by atoms with Crippen LogP contribution in [0.2, 0.25) is 0 Å². The molecule has 0 radical (unpaired) electrons. The van der Waals surface area contributed by atoms with Crippen LogP contribution in [-0.4, -0.2) is 23.3 Å². The van der Waals surface area contributed by atoms with E-state index in [4.69, 9.17) is 5.73 Å². The normalized spacial score (nSPS) is 11.3. The highest BCUT2D eigenvalue weighted by Crippen LogP contribution is 2.27. The highest BCUT2D eigenvalue weighted by atomic mass is 19.1. The van der Waals surface area contributed by atoms with Crippen molar-refractivity contribution in [3.8, 4) is 0 Å². The van der Waals surface area contributed by atoms with Gasteiger partial charge in [-0.2, -0.15) is 0 Å². The molecule has 1 aromatic heterocycles. The zero-order chi connectivity index (χ0) is 21.1. The lowest BCUT2D eigenvalue weighted by molar-refractivity contribution is -0.116. The molecule has 4 N–H and O–H groups in total. The summed E-state index contributed by atoms with van der Waals surface area (Å²) in [4.78, 5) is 26.5. The summed E-state index contributed by atoms with van der Waals surface area (Å²) in [5, 5.41) is 3.75. The second kappa shape index (κ2) is 8.31. The van der Waals surface area contributed by atoms with E-state index in [-0.39, 0.29) is 11.7 Å². The van der Waals surface area contributed by atoms with Gasteiger partial charge in [0, 0.05) is 29.3 Å². The minimum absolute atomic E-state index is 0.219. The quantitative estimate of drug-likeness (QED) is 0.558. The zero-order valence-electron chi connectivity index (χ0n) is 16.7. The number of halogens is 1. The molecule has 0 saturated heterocycles. The van der Waals surface area contributed by atoms with Crippen molar-refractivity contribution in [2.75, 3.05) is 6.54 Å². The summed E-state index contributed by atoms with van der Waals surface area (Å²) >= 11 is 0. The van der Waals surface area contributed by atoms with Crippen molar-refractivity contribution in [2.45, 2.75) is 27.2 Å². The summed E-state index contributed by atoms with van der Waals surface area (Å²) in [5.74, 6) is -0.975. The number of aromatic amines is 1. The Morgan fingerprint density at radius 1 is 1.14 bits per heavy atom. The number of H-pyrrole nitrogens is 1. The van der Waals surface area contributed by atoms with Gasteiger partial charge in [-0.05, 0) is 73.7 Å². The maximum Gasteiger partial charge on any atom is 0.248 e. The number of primary amides is 1. The van der Waals surface area contributed by atoms with Crippen molar-refractivity contribution in [1.29, 1.82) is 0 Å². The Morgan fingerprint density at radius 2 is 1.90 bits per heavy atom. The van der Waals surface area contributed by atoms with Crippen LogP contribution in [0.25, 0.3) is 17.0 Å². The first-order valence-electron chi connectivity index (χ1n) is 9.40. The zero-order valence-corrected chi connectivity index (χ0v) is 16.7. The van der Waals surface area contributed by atoms with E-state index in [9.17, 15) is 14.0 Å². The molecule has 2 amide bonds. The number of aryl methyl sites for hydroxylation is 3. The molecule has 0 atom stereocenters. The molecule has 0 bridgehead atoms. The fourth-order valence-corrected chi connectivity index (χ4v) is 3.51. The number of aromatic nitrogens is 1. The first-order valence-corrected chi connectivity index (χ1v) is 9.40. The number of carbonyl (C=O) groups is 2. The van der Waals surface area contributed by atoms with Gasteiger partial charge in [-0.15, -0.1) is 0 Å². The molecule has 0 saturated carbocycles. The number of hydrogen-bond donors (Lipinski definition) is 3. The molecule has 0 spiro atoms. The molecule has 3 aromatic rings. The first kappa shape index (κ1) is 20.3. The van der Waals surface area contributed by atoms with Gasteiger partial charge in [-0.25, -0.2) is 4.39 Å². The maximum atomic E-state index is 14.0. The van der Waals surface area contributed by atoms with Crippen LogP contribution < -0.4 is 11.1 Å². The molecule has 6 heteroatoms. The third-order valence-corrected chi connectivity index (χ3v) is 5.07. The van der Waals surface area contributed by atoms with Gasteiger partial charge in [-0.1, -0.05) is 12.1 Å². The molecule has 2 aromatic carbocycles. The predicted octanol–water partition coefficient (Wildman–Crippen LogP) is 3.70. The maximum absolute atomic E-state index is 14.0. The summed E-state index contributed by atoms with van der Waals surface area (Å²) in [7, 11) is 0. The summed E-state index contributed by atoms with van der Waals surface area (Å²) in [6.07, 6.45) is 3.76. The van der Waals surface area contributed by atoms with E-state index in [2.05, 4.69) is 10.3 Å². The molecule has 5 nitrogen and oxygen atoms in total. The van der Waals surface area contributed by atoms with Gasteiger partial charge >= 0.3 is 0 Å². The van der Waals surface area contributed by atoms with Crippen molar-refractivity contribution in [3.05, 3.63) is 75.7 Å². The monoisotopic (exact) mass is 393 g/mol. The highest BCUT2D eigenvalue weighted by molar-refractivity contribution is 5.94. The minimum Gasteiger partial charge on any atom is -0.366 e. The Labute approximate surface area is 168 Å². The molecule has 0 aliphatic carbocycles. The van der Waals surface area contributed by atoms with Crippen LogP contribution >= 0.6 is 0 Å². The molecule has 1 heterocycles. The van der Waals surface area contributed by atoms with Crippen LogP contribution in [0.1, 0.15) is 38.3 Å². The van der Waals surface area contributed by atoms with Crippen molar-refractivity contribution in [2.24, 2.45) is 5.73 Å². The second-order valence-corrected chi connectivity index (χ2v) is 7.15. The average molecular weight is 393 g/mol. The average Bonchev–Trinajstić information content (AvgIpc) is 3.01. The molecular formula is C23H24FN3O2. The van der Waals surface area contributed by atoms with Gasteiger partial charge in [0.1, 0.15) is 5.82 Å². The van der Waals surface area contributed by atoms with Gasteiger partial charge in [0.05, 0.1) is 5.52 Å². The standard InChI is InChI=1S/C23H24FN3O2/c1-13-4-8-19(24)22-21(13)18(15(3)27-22)10-11-26-20(28)9-7-16-5-6-17(23(25)29)12-14(16)2/h4-9,12,27H,10-11H2,1-3H3,(H2,25,29)(H,26,28). The molecule has 0 fully saturated rings. The number of nitrogens with two attached hydrogens (primary N) is 1. The Kier molecular flexibility index (Phi) is 5.82. The molecule has 3 rings (SSSR count). The smallest absolute Gasteiger partial charge is 0.248 e. The van der Waals surface area contributed by atoms with Gasteiger partial charge in [-0.3, -0.25) is 9.59 Å². The van der Waals surface area contributed by atoms with Crippen molar-refractivity contribution in [3.63, 3.8) is 0 Å². The van der Waals surface area contributed by atoms with Crippen LogP contribution in [0.4, 0.5) is 4.39 Å². The number of fused-ring (bicyclic) bond motifs is 1. The summed E-state index contributed by atoms with van der Waals surface area (Å²) < 4.78 is 14.0. The van der Waals surface area contributed by atoms with E-state index in [0.29, 0.717) is 24.0 Å². The second-order valence-electron chi connectivity index (χ2n) is 7.15. The number of hydrogen-bond acceptors (Lipinski definition) is 2. The molecule has 0 aliphatic rings. The Morgan fingerprint density at radius 3 is 2.59 bits per heavy atom. The van der Waals surface area contributed by atoms with Crippen LogP contribution in [0.5, 0.6) is 0 Å². The number of carbonyl (C=O) groups excluding carboxylic acids is 2. The lowest BCUT2D eigenvalue weighted by atomic mass is 10.0. The van der Waals surface area contributed by atoms with E-state index < -0.39 is 5.91 Å². The van der Waals surface area contributed by atoms with E-state index in [1.165, 1.54) is 12.1 Å². The molecule has 0 aliphatic heterocycles. The van der Waals surface area contributed by atoms with Crippen LogP contribution in [-0.2, 0) is 11.2 Å². The van der Waals surface area contributed by atoms with Gasteiger partial charge in [0.25, 0.3) is 0 Å².